The predicted octanol–water partition coefficient (Wildman–Crippen LogP) is 3.48. The van der Waals surface area contributed by atoms with Crippen LogP contribution in [-0.2, 0) is 13.5 Å². The predicted molar refractivity (Wildman–Crippen MR) is 145 cm³/mol. The maximum Gasteiger partial charge on any atom is 0.264 e. The van der Waals surface area contributed by atoms with Gasteiger partial charge in [0.15, 0.2) is 5.78 Å². The smallest absolute Gasteiger partial charge is 0.264 e. The van der Waals surface area contributed by atoms with Gasteiger partial charge in [0.2, 0.25) is 0 Å². The Labute approximate surface area is 219 Å². The van der Waals surface area contributed by atoms with E-state index in [9.17, 15) is 19.5 Å². The summed E-state index contributed by atoms with van der Waals surface area (Å²) in [6, 6.07) is 7.89. The molecule has 3 aromatic heterocycles. The second kappa shape index (κ2) is 9.21. The van der Waals surface area contributed by atoms with Gasteiger partial charge in [-0.3, -0.25) is 14.4 Å². The third-order valence-corrected chi connectivity index (χ3v) is 7.35. The van der Waals surface area contributed by atoms with Gasteiger partial charge in [-0.15, -0.1) is 0 Å². The van der Waals surface area contributed by atoms with E-state index in [1.807, 2.05) is 29.9 Å². The molecule has 1 aromatic carbocycles. The van der Waals surface area contributed by atoms with E-state index in [1.54, 1.807) is 32.9 Å². The van der Waals surface area contributed by atoms with E-state index in [1.165, 1.54) is 17.0 Å². The highest BCUT2D eigenvalue weighted by Gasteiger charge is 2.32. The number of nitrogen functional groups attached to an aromatic ring is 1. The third-order valence-electron chi connectivity index (χ3n) is 7.35. The molecule has 0 bridgehead atoms. The summed E-state index contributed by atoms with van der Waals surface area (Å²) in [6.07, 6.45) is 4.85. The van der Waals surface area contributed by atoms with E-state index in [0.717, 1.165) is 16.5 Å². The molecule has 1 aliphatic rings. The lowest BCUT2D eigenvalue weighted by molar-refractivity contribution is 0.0276. The quantitative estimate of drug-likeness (QED) is 0.370. The maximum absolute atomic E-state index is 13.5. The van der Waals surface area contributed by atoms with Crippen molar-refractivity contribution < 1.29 is 14.7 Å². The Morgan fingerprint density at radius 1 is 1.13 bits per heavy atom. The largest absolute Gasteiger partial charge is 0.388 e. The summed E-state index contributed by atoms with van der Waals surface area (Å²) < 4.78 is 3.28. The molecule has 4 N–H and O–H groups in total. The van der Waals surface area contributed by atoms with Gasteiger partial charge in [-0.25, -0.2) is 9.97 Å². The summed E-state index contributed by atoms with van der Waals surface area (Å²) in [7, 11) is 1.88. The molecule has 0 aliphatic heterocycles. The fraction of sp³-hybridized carbons (Fsp3) is 0.321. The van der Waals surface area contributed by atoms with Crippen LogP contribution in [0.1, 0.15) is 66.1 Å². The number of fused-ring (bicyclic) bond motifs is 2. The van der Waals surface area contributed by atoms with E-state index in [-0.39, 0.29) is 11.3 Å². The highest BCUT2D eigenvalue weighted by atomic mass is 16.3. The van der Waals surface area contributed by atoms with Gasteiger partial charge in [-0.1, -0.05) is 12.1 Å². The Morgan fingerprint density at radius 2 is 1.84 bits per heavy atom. The number of pyridine rings is 1. The van der Waals surface area contributed by atoms with Gasteiger partial charge in [0, 0.05) is 42.2 Å². The highest BCUT2D eigenvalue weighted by Crippen LogP contribution is 2.33. The van der Waals surface area contributed by atoms with Crippen LogP contribution in [0, 0.1) is 0 Å². The zero-order valence-corrected chi connectivity index (χ0v) is 21.8. The number of nitrogens with one attached hydrogen (secondary N) is 1. The summed E-state index contributed by atoms with van der Waals surface area (Å²) in [5.74, 6) is -0.357. The molecule has 1 aliphatic carbocycles. The first-order valence-electron chi connectivity index (χ1n) is 12.5. The number of aliphatic hydroxyl groups is 1. The monoisotopic (exact) mass is 514 g/mol. The zero-order chi connectivity index (χ0) is 27.4. The molecule has 38 heavy (non-hydrogen) atoms. The van der Waals surface area contributed by atoms with Crippen LogP contribution in [0.3, 0.4) is 0 Å². The number of aryl methyl sites for hydroxylation is 1. The molecular weight excluding hydrogens is 484 g/mol. The number of hydrogen-bond donors (Lipinski definition) is 3. The van der Waals surface area contributed by atoms with E-state index < -0.39 is 23.1 Å². The van der Waals surface area contributed by atoms with Crippen molar-refractivity contribution in [3.63, 3.8) is 0 Å². The molecule has 10 nitrogen and oxygen atoms in total. The number of nitrogens with zero attached hydrogens (tertiary/aromatic N) is 4. The van der Waals surface area contributed by atoms with Gasteiger partial charge in [0.25, 0.3) is 11.5 Å². The number of hydrogen-bond acceptors (Lipinski definition) is 7. The lowest BCUT2D eigenvalue weighted by Gasteiger charge is -2.32. The molecule has 0 saturated carbocycles. The lowest BCUT2D eigenvalue weighted by Crippen LogP contribution is -2.42. The number of nitrogens with two attached hydrogens (primary N) is 1. The van der Waals surface area contributed by atoms with Gasteiger partial charge in [0.1, 0.15) is 23.4 Å². The van der Waals surface area contributed by atoms with Crippen LogP contribution in [-0.4, -0.2) is 41.5 Å². The van der Waals surface area contributed by atoms with Gasteiger partial charge in [0.05, 0.1) is 17.0 Å². The minimum atomic E-state index is -1.24. The van der Waals surface area contributed by atoms with Crippen molar-refractivity contribution in [2.24, 2.45) is 7.05 Å². The average molecular weight is 515 g/mol. The van der Waals surface area contributed by atoms with Crippen LogP contribution < -0.4 is 16.6 Å². The fourth-order valence-electron chi connectivity index (χ4n) is 4.99. The third kappa shape index (κ3) is 4.26. The van der Waals surface area contributed by atoms with Gasteiger partial charge in [-0.2, -0.15) is 0 Å². The zero-order valence-electron chi connectivity index (χ0n) is 21.8. The van der Waals surface area contributed by atoms with Crippen molar-refractivity contribution in [1.29, 1.82) is 0 Å². The summed E-state index contributed by atoms with van der Waals surface area (Å²) in [5.41, 5.74) is 8.04. The first-order chi connectivity index (χ1) is 18.0. The molecule has 3 heterocycles. The van der Waals surface area contributed by atoms with Crippen molar-refractivity contribution >= 4 is 34.2 Å². The lowest BCUT2D eigenvalue weighted by atomic mass is 9.91. The summed E-state index contributed by atoms with van der Waals surface area (Å²) in [6.45, 7) is 4.92. The topological polar surface area (TPSA) is 145 Å². The van der Waals surface area contributed by atoms with Crippen LogP contribution in [0.25, 0.3) is 22.2 Å². The number of amides is 1. The average Bonchev–Trinajstić information content (AvgIpc) is 3.21. The van der Waals surface area contributed by atoms with E-state index in [0.29, 0.717) is 47.7 Å². The number of ketones is 1. The fourth-order valence-corrected chi connectivity index (χ4v) is 4.99. The van der Waals surface area contributed by atoms with Crippen molar-refractivity contribution in [2.75, 3.05) is 11.1 Å². The van der Waals surface area contributed by atoms with E-state index in [4.69, 9.17) is 5.73 Å². The van der Waals surface area contributed by atoms with E-state index >= 15 is 0 Å². The first-order valence-corrected chi connectivity index (χ1v) is 12.5. The molecular formula is C28H30N6O4. The summed E-state index contributed by atoms with van der Waals surface area (Å²) in [5, 5.41) is 14.2. The Hall–Kier alpha value is -4.31. The number of rotatable bonds is 5. The number of anilines is 2. The minimum absolute atomic E-state index is 0.111. The van der Waals surface area contributed by atoms with Crippen LogP contribution >= 0.6 is 0 Å². The van der Waals surface area contributed by atoms with Crippen LogP contribution in [0.5, 0.6) is 0 Å². The Morgan fingerprint density at radius 3 is 2.53 bits per heavy atom. The number of carbonyl (C=O) groups excluding carboxylic acids is 2. The molecule has 1 amide bonds. The molecule has 10 heteroatoms. The van der Waals surface area contributed by atoms with Crippen LogP contribution in [0.15, 0.2) is 47.7 Å². The second-order valence-electron chi connectivity index (χ2n) is 10.3. The maximum atomic E-state index is 13.5. The number of benzene rings is 1. The number of carbonyl (C=O) groups is 2. The highest BCUT2D eigenvalue weighted by molar-refractivity contribution is 6.07. The van der Waals surface area contributed by atoms with Crippen molar-refractivity contribution in [2.45, 2.75) is 51.7 Å². The molecule has 4 aromatic rings. The molecule has 0 fully saturated rings. The molecule has 196 valence electrons. The standard InChI is InChI=1S/C28H30N6O4/c1-15(28(2,3)38)34-21-6-5-7-22(35)18(21)12-19(27(34)37)26(36)32-17-10-8-16(9-11-17)20-13-33(4)25-23(20)24(29)30-14-31-25/h8-15,38H,5-7H2,1-4H3,(H,32,36)(H2,29,30,31). The minimum Gasteiger partial charge on any atom is -0.388 e. The molecule has 0 saturated heterocycles. The molecule has 1 atom stereocenters. The van der Waals surface area contributed by atoms with Gasteiger partial charge < -0.3 is 25.3 Å². The number of aromatic nitrogens is 4. The second-order valence-corrected chi connectivity index (χ2v) is 10.3. The number of Topliss-reactive ketones (excluding diaryl/α,β-unsaturated/α-hetero) is 1. The van der Waals surface area contributed by atoms with Crippen molar-refractivity contribution in [3.8, 4) is 11.1 Å². The summed E-state index contributed by atoms with van der Waals surface area (Å²) >= 11 is 0. The molecule has 5 rings (SSSR count). The van der Waals surface area contributed by atoms with Crippen LogP contribution in [0.4, 0.5) is 11.5 Å². The van der Waals surface area contributed by atoms with Gasteiger partial charge >= 0.3 is 0 Å². The van der Waals surface area contributed by atoms with Gasteiger partial charge in [-0.05, 0) is 57.4 Å². The summed E-state index contributed by atoms with van der Waals surface area (Å²) in [4.78, 5) is 47.9. The molecule has 1 unspecified atom stereocenters. The molecule has 0 radical (unpaired) electrons. The Balaban J connectivity index is 1.49. The Bertz CT molecular complexity index is 1640. The molecule has 0 spiro atoms. The Kier molecular flexibility index (Phi) is 6.15. The SMILES string of the molecule is CC(n1c2c(cc(C(=O)Nc3ccc(-c4cn(C)c5ncnc(N)c45)cc3)c1=O)C(=O)CCC2)C(C)(C)O. The van der Waals surface area contributed by atoms with E-state index in [2.05, 4.69) is 15.3 Å². The van der Waals surface area contributed by atoms with Crippen LogP contribution in [0.2, 0.25) is 0 Å². The van der Waals surface area contributed by atoms with Crippen molar-refractivity contribution in [1.82, 2.24) is 19.1 Å². The van der Waals surface area contributed by atoms with Crippen molar-refractivity contribution in [3.05, 3.63) is 70.0 Å². The normalized spacial score (nSPS) is 14.4. The first kappa shape index (κ1) is 25.3.